The molecule has 1 rings (SSSR count). The van der Waals surface area contributed by atoms with Crippen molar-refractivity contribution in [3.63, 3.8) is 0 Å². The summed E-state index contributed by atoms with van der Waals surface area (Å²) in [5.74, 6) is 0. The molecule has 1 aromatic rings. The number of hydrogen-bond acceptors (Lipinski definition) is 1. The fourth-order valence-corrected chi connectivity index (χ4v) is 1.70. The van der Waals surface area contributed by atoms with E-state index in [1.165, 1.54) is 43.4 Å². The van der Waals surface area contributed by atoms with Gasteiger partial charge in [0, 0.05) is 12.7 Å². The molecule has 0 saturated carbocycles. The lowest BCUT2D eigenvalue weighted by Crippen LogP contribution is -2.19. The first kappa shape index (κ1) is 18.0. The minimum absolute atomic E-state index is 0.476. The molecule has 0 aromatic heterocycles. The molecular weight excluding hydrogens is 258 g/mol. The largest absolute Gasteiger partial charge is 0.320 e. The summed E-state index contributed by atoms with van der Waals surface area (Å²) in [4.78, 5) is 12.0. The van der Waals surface area contributed by atoms with E-state index in [0.717, 1.165) is 5.69 Å². The van der Waals surface area contributed by atoms with E-state index in [1.54, 1.807) is 7.05 Å². The quantitative estimate of drug-likeness (QED) is 0.364. The molecule has 0 aliphatic carbocycles. The van der Waals surface area contributed by atoms with Crippen molar-refractivity contribution in [2.75, 3.05) is 11.9 Å². The van der Waals surface area contributed by atoms with Crippen molar-refractivity contribution >= 4 is 22.7 Å². The Balaban J connectivity index is 0.000000362. The highest BCUT2D eigenvalue weighted by molar-refractivity contribution is 6.66. The zero-order valence-corrected chi connectivity index (χ0v) is 13.1. The molecule has 0 saturated heterocycles. The van der Waals surface area contributed by atoms with Gasteiger partial charge >= 0.3 is 5.37 Å². The van der Waals surface area contributed by atoms with Crippen LogP contribution in [0.4, 0.5) is 10.5 Å². The Morgan fingerprint density at radius 2 is 1.47 bits per heavy atom. The summed E-state index contributed by atoms with van der Waals surface area (Å²) in [5.41, 5.74) is 0.799. The standard InChI is InChI=1S/C8H8ClNO.C8H18/c1-10(8(9)11)7-5-3-2-4-6-7;1-3-5-7-8-6-4-2/h2-6H,1H3;3-8H2,1-2H3. The van der Waals surface area contributed by atoms with Gasteiger partial charge in [-0.1, -0.05) is 70.6 Å². The maximum Gasteiger partial charge on any atom is 0.320 e. The first-order chi connectivity index (χ1) is 9.13. The predicted octanol–water partition coefficient (Wildman–Crippen LogP) is 5.85. The van der Waals surface area contributed by atoms with Crippen LogP contribution in [0, 0.1) is 0 Å². The third-order valence-corrected chi connectivity index (χ3v) is 3.12. The molecule has 108 valence electrons. The molecule has 3 heteroatoms. The molecule has 0 aliphatic rings. The van der Waals surface area contributed by atoms with Crippen LogP contribution < -0.4 is 4.90 Å². The topological polar surface area (TPSA) is 20.3 Å². The Kier molecular flexibility index (Phi) is 11.4. The predicted molar refractivity (Wildman–Crippen MR) is 85.1 cm³/mol. The van der Waals surface area contributed by atoms with Gasteiger partial charge in [0.15, 0.2) is 0 Å². The van der Waals surface area contributed by atoms with E-state index in [4.69, 9.17) is 11.6 Å². The number of nitrogens with zero attached hydrogens (tertiary/aromatic N) is 1. The molecule has 1 amide bonds. The maximum atomic E-state index is 10.6. The lowest BCUT2D eigenvalue weighted by atomic mass is 10.1. The minimum atomic E-state index is -0.476. The Bertz CT molecular complexity index is 321. The molecule has 0 N–H and O–H groups in total. The Morgan fingerprint density at radius 1 is 1.00 bits per heavy atom. The average Bonchev–Trinajstić information content (AvgIpc) is 2.44. The lowest BCUT2D eigenvalue weighted by molar-refractivity contribution is 0.265. The van der Waals surface area contributed by atoms with Crippen LogP contribution in [0.25, 0.3) is 0 Å². The van der Waals surface area contributed by atoms with Crippen LogP contribution in [0.3, 0.4) is 0 Å². The molecule has 0 fully saturated rings. The van der Waals surface area contributed by atoms with Crippen LogP contribution in [0.5, 0.6) is 0 Å². The monoisotopic (exact) mass is 283 g/mol. The number of carbonyl (C=O) groups is 1. The number of hydrogen-bond donors (Lipinski definition) is 0. The number of halogens is 1. The smallest absolute Gasteiger partial charge is 0.302 e. The molecule has 0 radical (unpaired) electrons. The van der Waals surface area contributed by atoms with E-state index in [2.05, 4.69) is 13.8 Å². The van der Waals surface area contributed by atoms with E-state index < -0.39 is 5.37 Å². The van der Waals surface area contributed by atoms with Crippen molar-refractivity contribution in [1.29, 1.82) is 0 Å². The summed E-state index contributed by atoms with van der Waals surface area (Å²) >= 11 is 5.25. The molecule has 0 bridgehead atoms. The molecule has 2 nitrogen and oxygen atoms in total. The van der Waals surface area contributed by atoms with Gasteiger partial charge in [0.1, 0.15) is 0 Å². The average molecular weight is 284 g/mol. The van der Waals surface area contributed by atoms with Gasteiger partial charge in [-0.25, -0.2) is 0 Å². The van der Waals surface area contributed by atoms with Crippen molar-refractivity contribution in [3.05, 3.63) is 30.3 Å². The summed E-state index contributed by atoms with van der Waals surface area (Å²) in [6.45, 7) is 4.51. The first-order valence-electron chi connectivity index (χ1n) is 7.11. The van der Waals surface area contributed by atoms with Gasteiger partial charge in [0.05, 0.1) is 0 Å². The van der Waals surface area contributed by atoms with Crippen LogP contribution in [-0.4, -0.2) is 12.4 Å². The van der Waals surface area contributed by atoms with Gasteiger partial charge in [-0.15, -0.1) is 0 Å². The number of unbranched alkanes of at least 4 members (excludes halogenated alkanes) is 5. The van der Waals surface area contributed by atoms with Gasteiger partial charge in [0.2, 0.25) is 0 Å². The van der Waals surface area contributed by atoms with Crippen LogP contribution in [0.15, 0.2) is 30.3 Å². The summed E-state index contributed by atoms with van der Waals surface area (Å²) < 4.78 is 0. The normalized spacial score (nSPS) is 9.47. The molecule has 0 atom stereocenters. The number of carbonyl (C=O) groups excluding carboxylic acids is 1. The van der Waals surface area contributed by atoms with Crippen LogP contribution in [-0.2, 0) is 0 Å². The van der Waals surface area contributed by atoms with Crippen molar-refractivity contribution < 1.29 is 4.79 Å². The summed E-state index contributed by atoms with van der Waals surface area (Å²) in [6, 6.07) is 9.23. The van der Waals surface area contributed by atoms with E-state index in [0.29, 0.717) is 0 Å². The highest BCUT2D eigenvalue weighted by atomic mass is 35.5. The van der Waals surface area contributed by atoms with Crippen LogP contribution in [0.2, 0.25) is 0 Å². The third-order valence-electron chi connectivity index (χ3n) is 2.86. The second-order valence-electron chi connectivity index (χ2n) is 4.56. The number of benzene rings is 1. The lowest BCUT2D eigenvalue weighted by Gasteiger charge is -2.11. The van der Waals surface area contributed by atoms with Crippen molar-refractivity contribution in [3.8, 4) is 0 Å². The SMILES string of the molecule is CCCCCCCC.CN(C(=O)Cl)c1ccccc1. The van der Waals surface area contributed by atoms with Gasteiger partial charge < -0.3 is 4.90 Å². The summed E-state index contributed by atoms with van der Waals surface area (Å²) in [6.07, 6.45) is 8.49. The van der Waals surface area contributed by atoms with Crippen molar-refractivity contribution in [2.24, 2.45) is 0 Å². The van der Waals surface area contributed by atoms with Crippen molar-refractivity contribution in [2.45, 2.75) is 52.4 Å². The van der Waals surface area contributed by atoms with E-state index >= 15 is 0 Å². The highest BCUT2D eigenvalue weighted by Gasteiger charge is 2.04. The first-order valence-corrected chi connectivity index (χ1v) is 7.49. The van der Waals surface area contributed by atoms with Gasteiger partial charge in [-0.2, -0.15) is 0 Å². The zero-order valence-electron chi connectivity index (χ0n) is 12.4. The maximum absolute atomic E-state index is 10.6. The van der Waals surface area contributed by atoms with Gasteiger partial charge in [0.25, 0.3) is 0 Å². The van der Waals surface area contributed by atoms with E-state index in [-0.39, 0.29) is 0 Å². The fourth-order valence-electron chi connectivity index (χ4n) is 1.61. The van der Waals surface area contributed by atoms with Gasteiger partial charge in [-0.05, 0) is 23.7 Å². The number of para-hydroxylation sites is 1. The van der Waals surface area contributed by atoms with Crippen LogP contribution in [0.1, 0.15) is 52.4 Å². The second-order valence-corrected chi connectivity index (χ2v) is 4.89. The van der Waals surface area contributed by atoms with Crippen LogP contribution >= 0.6 is 11.6 Å². The zero-order chi connectivity index (χ0) is 14.5. The van der Waals surface area contributed by atoms with E-state index in [9.17, 15) is 4.79 Å². The number of rotatable bonds is 6. The second kappa shape index (κ2) is 12.0. The summed E-state index contributed by atoms with van der Waals surface area (Å²) in [5, 5.41) is -0.476. The molecule has 0 heterocycles. The Labute approximate surface area is 122 Å². The molecule has 19 heavy (non-hydrogen) atoms. The molecule has 0 aliphatic heterocycles. The highest BCUT2D eigenvalue weighted by Crippen LogP contribution is 2.12. The number of anilines is 1. The molecular formula is C16H26ClNO. The molecule has 0 spiro atoms. The third kappa shape index (κ3) is 9.54. The van der Waals surface area contributed by atoms with Gasteiger partial charge in [-0.3, -0.25) is 4.79 Å². The summed E-state index contributed by atoms with van der Waals surface area (Å²) in [7, 11) is 1.63. The Hall–Kier alpha value is -1.02. The van der Waals surface area contributed by atoms with E-state index in [1.807, 2.05) is 30.3 Å². The molecule has 0 unspecified atom stereocenters. The minimum Gasteiger partial charge on any atom is -0.302 e. The molecule has 1 aromatic carbocycles. The fraction of sp³-hybridized carbons (Fsp3) is 0.562. The Morgan fingerprint density at radius 3 is 1.84 bits per heavy atom. The number of amides is 1. The van der Waals surface area contributed by atoms with Crippen molar-refractivity contribution in [1.82, 2.24) is 0 Å².